The van der Waals surface area contributed by atoms with Crippen molar-refractivity contribution in [1.82, 2.24) is 24.5 Å². The number of carbonyl (C=O) groups is 1. The van der Waals surface area contributed by atoms with Gasteiger partial charge in [-0.1, -0.05) is 62.0 Å². The first-order valence-corrected chi connectivity index (χ1v) is 11.3. The Balaban J connectivity index is 1.40. The highest BCUT2D eigenvalue weighted by Crippen LogP contribution is 2.21. The van der Waals surface area contributed by atoms with Gasteiger partial charge in [0.15, 0.2) is 5.16 Å². The number of carbonyl (C=O) groups excluding carboxylic acids is 1. The summed E-state index contributed by atoms with van der Waals surface area (Å²) in [5.41, 5.74) is 3.13. The monoisotopic (exact) mass is 435 g/mol. The summed E-state index contributed by atoms with van der Waals surface area (Å²) in [6.07, 6.45) is 0.787. The summed E-state index contributed by atoms with van der Waals surface area (Å²) in [6, 6.07) is 15.9. The van der Waals surface area contributed by atoms with Crippen molar-refractivity contribution >= 4 is 34.3 Å². The maximum absolute atomic E-state index is 12.5. The summed E-state index contributed by atoms with van der Waals surface area (Å²) in [5, 5.41) is 12.5. The Morgan fingerprint density at radius 3 is 2.58 bits per heavy atom. The molecular formula is C23H25N5O2S. The van der Waals surface area contributed by atoms with Crippen LogP contribution in [0.15, 0.2) is 58.5 Å². The third kappa shape index (κ3) is 4.34. The van der Waals surface area contributed by atoms with Gasteiger partial charge in [-0.25, -0.2) is 0 Å². The minimum atomic E-state index is -0.119. The molecule has 31 heavy (non-hydrogen) atoms. The van der Waals surface area contributed by atoms with E-state index in [4.69, 9.17) is 0 Å². The van der Waals surface area contributed by atoms with Gasteiger partial charge in [0, 0.05) is 13.6 Å². The summed E-state index contributed by atoms with van der Waals surface area (Å²) in [6.45, 7) is 4.93. The number of aryl methyl sites for hydroxylation is 1. The van der Waals surface area contributed by atoms with E-state index < -0.39 is 0 Å². The molecule has 0 bridgehead atoms. The van der Waals surface area contributed by atoms with E-state index in [2.05, 4.69) is 53.6 Å². The van der Waals surface area contributed by atoms with Crippen molar-refractivity contribution < 1.29 is 4.79 Å². The lowest BCUT2D eigenvalue weighted by Crippen LogP contribution is -2.27. The van der Waals surface area contributed by atoms with Gasteiger partial charge in [0.1, 0.15) is 0 Å². The number of rotatable bonds is 7. The van der Waals surface area contributed by atoms with E-state index in [1.807, 2.05) is 22.6 Å². The predicted molar refractivity (Wildman–Crippen MR) is 124 cm³/mol. The number of nitrogens with one attached hydrogen (secondary N) is 1. The molecule has 0 aliphatic rings. The Morgan fingerprint density at radius 2 is 1.84 bits per heavy atom. The summed E-state index contributed by atoms with van der Waals surface area (Å²) < 4.78 is 3.30. The van der Waals surface area contributed by atoms with Crippen LogP contribution in [0.5, 0.6) is 0 Å². The zero-order valence-corrected chi connectivity index (χ0v) is 18.6. The molecule has 0 fully saturated rings. The molecule has 0 saturated heterocycles. The van der Waals surface area contributed by atoms with E-state index in [9.17, 15) is 9.59 Å². The van der Waals surface area contributed by atoms with Gasteiger partial charge in [-0.2, -0.15) is 0 Å². The quantitative estimate of drug-likeness (QED) is 0.451. The SMILES string of the molecule is CC(C)c1ccc(CCNC(=O)CSc2nnc3n(C)c(=O)c4ccccc4n23)cc1. The van der Waals surface area contributed by atoms with E-state index in [-0.39, 0.29) is 17.2 Å². The average molecular weight is 436 g/mol. The highest BCUT2D eigenvalue weighted by atomic mass is 32.2. The molecule has 7 nitrogen and oxygen atoms in total. The van der Waals surface area contributed by atoms with Gasteiger partial charge >= 0.3 is 0 Å². The minimum Gasteiger partial charge on any atom is -0.355 e. The second-order valence-corrected chi connectivity index (χ2v) is 8.73. The van der Waals surface area contributed by atoms with Gasteiger partial charge in [0.05, 0.1) is 16.7 Å². The highest BCUT2D eigenvalue weighted by Gasteiger charge is 2.15. The second kappa shape index (κ2) is 8.93. The first-order chi connectivity index (χ1) is 15.0. The molecule has 4 rings (SSSR count). The Bertz CT molecular complexity index is 1290. The van der Waals surface area contributed by atoms with Crippen LogP contribution < -0.4 is 10.9 Å². The lowest BCUT2D eigenvalue weighted by atomic mass is 10.0. The molecule has 2 heterocycles. The largest absolute Gasteiger partial charge is 0.355 e. The van der Waals surface area contributed by atoms with Crippen molar-refractivity contribution in [2.24, 2.45) is 7.05 Å². The fourth-order valence-corrected chi connectivity index (χ4v) is 4.27. The normalized spacial score (nSPS) is 11.5. The zero-order chi connectivity index (χ0) is 22.0. The molecule has 160 valence electrons. The number of hydrogen-bond donors (Lipinski definition) is 1. The van der Waals surface area contributed by atoms with Crippen LogP contribution >= 0.6 is 11.8 Å². The minimum absolute atomic E-state index is 0.0605. The summed E-state index contributed by atoms with van der Waals surface area (Å²) in [7, 11) is 1.67. The molecule has 0 aliphatic carbocycles. The van der Waals surface area contributed by atoms with Crippen LogP contribution in [0.2, 0.25) is 0 Å². The predicted octanol–water partition coefficient (Wildman–Crippen LogP) is 3.16. The standard InChI is InChI=1S/C23H25N5O2S/c1-15(2)17-10-8-16(9-11-17)12-13-24-20(29)14-31-23-26-25-22-27(3)21(30)18-6-4-5-7-19(18)28(22)23/h4-11,15H,12-14H2,1-3H3,(H,24,29). The maximum atomic E-state index is 12.5. The van der Waals surface area contributed by atoms with Gasteiger partial charge in [-0.15, -0.1) is 10.2 Å². The molecule has 0 radical (unpaired) electrons. The number of nitrogens with zero attached hydrogens (tertiary/aromatic N) is 4. The third-order valence-electron chi connectivity index (χ3n) is 5.31. The van der Waals surface area contributed by atoms with Crippen LogP contribution in [-0.2, 0) is 18.3 Å². The molecule has 0 unspecified atom stereocenters. The fourth-order valence-electron chi connectivity index (χ4n) is 3.50. The third-order valence-corrected chi connectivity index (χ3v) is 6.24. The van der Waals surface area contributed by atoms with Gasteiger partial charge in [0.25, 0.3) is 5.56 Å². The van der Waals surface area contributed by atoms with Crippen LogP contribution in [0, 0.1) is 0 Å². The molecule has 2 aromatic carbocycles. The molecule has 0 spiro atoms. The second-order valence-electron chi connectivity index (χ2n) is 7.78. The van der Waals surface area contributed by atoms with E-state index in [0.717, 1.165) is 11.9 Å². The smallest absolute Gasteiger partial charge is 0.262 e. The van der Waals surface area contributed by atoms with Crippen molar-refractivity contribution in [1.29, 1.82) is 0 Å². The van der Waals surface area contributed by atoms with Gasteiger partial charge in [0.2, 0.25) is 11.7 Å². The number of para-hydroxylation sites is 1. The zero-order valence-electron chi connectivity index (χ0n) is 17.8. The molecular weight excluding hydrogens is 410 g/mol. The molecule has 0 atom stereocenters. The average Bonchev–Trinajstić information content (AvgIpc) is 3.21. The van der Waals surface area contributed by atoms with Crippen LogP contribution in [-0.4, -0.2) is 37.4 Å². The number of benzene rings is 2. The Kier molecular flexibility index (Phi) is 6.08. The van der Waals surface area contributed by atoms with E-state index >= 15 is 0 Å². The van der Waals surface area contributed by atoms with Crippen LogP contribution in [0.4, 0.5) is 0 Å². The maximum Gasteiger partial charge on any atom is 0.262 e. The van der Waals surface area contributed by atoms with Gasteiger partial charge in [-0.05, 0) is 35.6 Å². The molecule has 0 saturated carbocycles. The van der Waals surface area contributed by atoms with Crippen LogP contribution in [0.1, 0.15) is 30.9 Å². The van der Waals surface area contributed by atoms with Crippen LogP contribution in [0.3, 0.4) is 0 Å². The number of aromatic nitrogens is 4. The number of thioether (sulfide) groups is 1. The molecule has 4 aromatic rings. The van der Waals surface area contributed by atoms with E-state index in [0.29, 0.717) is 28.8 Å². The number of hydrogen-bond acceptors (Lipinski definition) is 5. The fraction of sp³-hybridized carbons (Fsp3) is 0.304. The Hall–Kier alpha value is -3.13. The molecule has 1 amide bonds. The van der Waals surface area contributed by atoms with Gasteiger partial charge in [-0.3, -0.25) is 18.6 Å². The summed E-state index contributed by atoms with van der Waals surface area (Å²) >= 11 is 1.31. The number of fused-ring (bicyclic) bond motifs is 3. The molecule has 8 heteroatoms. The highest BCUT2D eigenvalue weighted by molar-refractivity contribution is 7.99. The molecule has 0 aliphatic heterocycles. The van der Waals surface area contributed by atoms with E-state index in [1.165, 1.54) is 27.5 Å². The lowest BCUT2D eigenvalue weighted by Gasteiger charge is -2.09. The first kappa shape index (κ1) is 21.1. The van der Waals surface area contributed by atoms with Crippen molar-refractivity contribution in [3.63, 3.8) is 0 Å². The van der Waals surface area contributed by atoms with Crippen molar-refractivity contribution in [3.05, 3.63) is 70.0 Å². The van der Waals surface area contributed by atoms with Crippen LogP contribution in [0.25, 0.3) is 16.7 Å². The van der Waals surface area contributed by atoms with Crippen molar-refractivity contribution in [2.75, 3.05) is 12.3 Å². The number of amides is 1. The first-order valence-electron chi connectivity index (χ1n) is 10.3. The topological polar surface area (TPSA) is 81.3 Å². The van der Waals surface area contributed by atoms with Crippen molar-refractivity contribution in [2.45, 2.75) is 31.3 Å². The molecule has 2 aromatic heterocycles. The Morgan fingerprint density at radius 1 is 1.10 bits per heavy atom. The van der Waals surface area contributed by atoms with Gasteiger partial charge < -0.3 is 5.32 Å². The molecule has 1 N–H and O–H groups in total. The van der Waals surface area contributed by atoms with E-state index in [1.54, 1.807) is 13.1 Å². The lowest BCUT2D eigenvalue weighted by molar-refractivity contribution is -0.118. The van der Waals surface area contributed by atoms with Crippen molar-refractivity contribution in [3.8, 4) is 0 Å². The summed E-state index contributed by atoms with van der Waals surface area (Å²) in [5.74, 6) is 1.13. The Labute approximate surface area is 184 Å². The summed E-state index contributed by atoms with van der Waals surface area (Å²) in [4.78, 5) is 24.9.